The van der Waals surface area contributed by atoms with Crippen molar-refractivity contribution in [1.29, 1.82) is 0 Å². The molecule has 2 atom stereocenters. The van der Waals surface area contributed by atoms with Gasteiger partial charge in [-0.15, -0.1) is 0 Å². The molecule has 2 N–H and O–H groups in total. The van der Waals surface area contributed by atoms with E-state index in [0.29, 0.717) is 0 Å². The van der Waals surface area contributed by atoms with Crippen molar-refractivity contribution in [2.24, 2.45) is 5.73 Å². The molecule has 2 aliphatic heterocycles. The van der Waals surface area contributed by atoms with E-state index < -0.39 is 0 Å². The van der Waals surface area contributed by atoms with E-state index in [1.165, 1.54) is 51.0 Å². The third-order valence-electron chi connectivity index (χ3n) is 4.98. The highest BCUT2D eigenvalue weighted by molar-refractivity contribution is 9.10. The third-order valence-corrected chi connectivity index (χ3v) is 5.50. The molecule has 0 saturated carbocycles. The number of nitrogens with two attached hydrogens (primary N) is 1. The zero-order chi connectivity index (χ0) is 14.7. The van der Waals surface area contributed by atoms with E-state index in [-0.39, 0.29) is 6.04 Å². The molecule has 0 bridgehead atoms. The Morgan fingerprint density at radius 2 is 1.95 bits per heavy atom. The van der Waals surface area contributed by atoms with Gasteiger partial charge in [0.05, 0.1) is 0 Å². The van der Waals surface area contributed by atoms with E-state index in [2.05, 4.69) is 50.0 Å². The highest BCUT2D eigenvalue weighted by atomic mass is 79.9. The first-order valence-corrected chi connectivity index (χ1v) is 8.99. The van der Waals surface area contributed by atoms with Crippen molar-refractivity contribution in [2.75, 3.05) is 32.7 Å². The van der Waals surface area contributed by atoms with Gasteiger partial charge in [-0.05, 0) is 43.5 Å². The molecule has 21 heavy (non-hydrogen) atoms. The van der Waals surface area contributed by atoms with Crippen LogP contribution >= 0.6 is 15.9 Å². The van der Waals surface area contributed by atoms with Crippen LogP contribution in [0.2, 0.25) is 0 Å². The average molecular weight is 352 g/mol. The Bertz CT molecular complexity index is 448. The zero-order valence-corrected chi connectivity index (χ0v) is 14.3. The smallest absolute Gasteiger partial charge is 0.0307 e. The second-order valence-corrected chi connectivity index (χ2v) is 7.35. The van der Waals surface area contributed by atoms with Gasteiger partial charge >= 0.3 is 0 Å². The fourth-order valence-corrected chi connectivity index (χ4v) is 3.89. The molecule has 1 aromatic carbocycles. The highest BCUT2D eigenvalue weighted by Crippen LogP contribution is 2.22. The van der Waals surface area contributed by atoms with Gasteiger partial charge in [0, 0.05) is 42.7 Å². The Morgan fingerprint density at radius 1 is 1.14 bits per heavy atom. The first-order chi connectivity index (χ1) is 10.2. The number of benzene rings is 1. The standard InChI is InChI=1S/C17H26BrN3/c18-15-6-4-14(5-7-15)17(19)8-10-20-11-12-21-9-2-1-3-16(21)13-20/h4-7,16-17H,1-3,8-13,19H2. The van der Waals surface area contributed by atoms with E-state index in [1.807, 2.05) is 0 Å². The summed E-state index contributed by atoms with van der Waals surface area (Å²) in [4.78, 5) is 5.31. The molecule has 3 rings (SSSR count). The predicted octanol–water partition coefficient (Wildman–Crippen LogP) is 3.01. The van der Waals surface area contributed by atoms with Gasteiger partial charge in [0.2, 0.25) is 0 Å². The van der Waals surface area contributed by atoms with Gasteiger partial charge in [-0.3, -0.25) is 4.90 Å². The number of piperazine rings is 1. The Labute approximate surface area is 136 Å². The number of nitrogens with zero attached hydrogens (tertiary/aromatic N) is 2. The topological polar surface area (TPSA) is 32.5 Å². The summed E-state index contributed by atoms with van der Waals surface area (Å²) < 4.78 is 1.12. The van der Waals surface area contributed by atoms with Crippen LogP contribution in [-0.2, 0) is 0 Å². The fourth-order valence-electron chi connectivity index (χ4n) is 3.62. The maximum Gasteiger partial charge on any atom is 0.0307 e. The maximum absolute atomic E-state index is 6.34. The lowest BCUT2D eigenvalue weighted by Gasteiger charge is -2.44. The van der Waals surface area contributed by atoms with Crippen LogP contribution in [0.4, 0.5) is 0 Å². The molecule has 2 aliphatic rings. The van der Waals surface area contributed by atoms with Crippen molar-refractivity contribution in [3.05, 3.63) is 34.3 Å². The van der Waals surface area contributed by atoms with Crippen molar-refractivity contribution in [3.63, 3.8) is 0 Å². The third kappa shape index (κ3) is 4.07. The molecule has 2 heterocycles. The molecule has 1 aromatic rings. The van der Waals surface area contributed by atoms with Crippen LogP contribution in [0.3, 0.4) is 0 Å². The van der Waals surface area contributed by atoms with E-state index in [4.69, 9.17) is 5.73 Å². The van der Waals surface area contributed by atoms with Crippen molar-refractivity contribution in [1.82, 2.24) is 9.80 Å². The van der Waals surface area contributed by atoms with Gasteiger partial charge < -0.3 is 10.6 Å². The van der Waals surface area contributed by atoms with Crippen LogP contribution in [0.15, 0.2) is 28.7 Å². The molecule has 2 saturated heterocycles. The number of piperidine rings is 1. The lowest BCUT2D eigenvalue weighted by atomic mass is 9.99. The molecule has 2 unspecified atom stereocenters. The summed E-state index contributed by atoms with van der Waals surface area (Å²) in [5.74, 6) is 0. The van der Waals surface area contributed by atoms with Crippen LogP contribution in [-0.4, -0.2) is 48.6 Å². The van der Waals surface area contributed by atoms with Gasteiger partial charge in [-0.25, -0.2) is 0 Å². The van der Waals surface area contributed by atoms with Crippen molar-refractivity contribution < 1.29 is 0 Å². The largest absolute Gasteiger partial charge is 0.324 e. The number of rotatable bonds is 4. The predicted molar refractivity (Wildman–Crippen MR) is 91.3 cm³/mol. The number of fused-ring (bicyclic) bond motifs is 1. The minimum Gasteiger partial charge on any atom is -0.324 e. The Kier molecular flexibility index (Phi) is 5.33. The summed E-state index contributed by atoms with van der Waals surface area (Å²) in [6.07, 6.45) is 5.24. The molecular formula is C17H26BrN3. The summed E-state index contributed by atoms with van der Waals surface area (Å²) in [6, 6.07) is 9.38. The first kappa shape index (κ1) is 15.5. The maximum atomic E-state index is 6.34. The first-order valence-electron chi connectivity index (χ1n) is 8.20. The molecule has 0 aromatic heterocycles. The van der Waals surface area contributed by atoms with Crippen molar-refractivity contribution >= 4 is 15.9 Å². The number of halogens is 1. The molecule has 0 aliphatic carbocycles. The second-order valence-electron chi connectivity index (χ2n) is 6.43. The lowest BCUT2D eigenvalue weighted by molar-refractivity contribution is 0.0481. The van der Waals surface area contributed by atoms with Gasteiger partial charge in [0.25, 0.3) is 0 Å². The second kappa shape index (κ2) is 7.23. The van der Waals surface area contributed by atoms with Gasteiger partial charge in [0.15, 0.2) is 0 Å². The SMILES string of the molecule is NC(CCN1CCN2CCCCC2C1)c1ccc(Br)cc1. The number of hydrogen-bond acceptors (Lipinski definition) is 3. The van der Waals surface area contributed by atoms with Gasteiger partial charge in [-0.1, -0.05) is 34.5 Å². The zero-order valence-electron chi connectivity index (χ0n) is 12.7. The number of hydrogen-bond donors (Lipinski definition) is 1. The van der Waals surface area contributed by atoms with Crippen LogP contribution in [0.1, 0.15) is 37.3 Å². The summed E-state index contributed by atoms with van der Waals surface area (Å²) in [7, 11) is 0. The monoisotopic (exact) mass is 351 g/mol. The summed E-state index contributed by atoms with van der Waals surface area (Å²) in [6.45, 7) is 6.15. The molecule has 0 spiro atoms. The minimum atomic E-state index is 0.155. The van der Waals surface area contributed by atoms with Crippen molar-refractivity contribution in [2.45, 2.75) is 37.8 Å². The Hall–Kier alpha value is -0.420. The van der Waals surface area contributed by atoms with E-state index in [9.17, 15) is 0 Å². The summed E-state index contributed by atoms with van der Waals surface area (Å²) in [5.41, 5.74) is 7.59. The molecular weight excluding hydrogens is 326 g/mol. The van der Waals surface area contributed by atoms with Crippen LogP contribution in [0.25, 0.3) is 0 Å². The lowest BCUT2D eigenvalue weighted by Crippen LogP contribution is -2.54. The Balaban J connectivity index is 1.47. The molecule has 2 fully saturated rings. The quantitative estimate of drug-likeness (QED) is 0.904. The molecule has 3 nitrogen and oxygen atoms in total. The summed E-state index contributed by atoms with van der Waals surface area (Å²) in [5, 5.41) is 0. The Morgan fingerprint density at radius 3 is 2.76 bits per heavy atom. The van der Waals surface area contributed by atoms with E-state index in [1.54, 1.807) is 0 Å². The molecule has 0 amide bonds. The van der Waals surface area contributed by atoms with Gasteiger partial charge in [-0.2, -0.15) is 0 Å². The average Bonchev–Trinajstić information content (AvgIpc) is 2.53. The van der Waals surface area contributed by atoms with E-state index in [0.717, 1.165) is 23.5 Å². The molecule has 116 valence electrons. The van der Waals surface area contributed by atoms with Crippen molar-refractivity contribution in [3.8, 4) is 0 Å². The van der Waals surface area contributed by atoms with Crippen LogP contribution in [0.5, 0.6) is 0 Å². The molecule has 0 radical (unpaired) electrons. The minimum absolute atomic E-state index is 0.155. The molecule has 4 heteroatoms. The van der Waals surface area contributed by atoms with Crippen LogP contribution < -0.4 is 5.73 Å². The fraction of sp³-hybridized carbons (Fsp3) is 0.647. The summed E-state index contributed by atoms with van der Waals surface area (Å²) >= 11 is 3.47. The van der Waals surface area contributed by atoms with Gasteiger partial charge in [0.1, 0.15) is 0 Å². The van der Waals surface area contributed by atoms with E-state index >= 15 is 0 Å². The van der Waals surface area contributed by atoms with Crippen LogP contribution in [0, 0.1) is 0 Å². The highest BCUT2D eigenvalue weighted by Gasteiger charge is 2.28. The normalized spacial score (nSPS) is 25.5.